The van der Waals surface area contributed by atoms with Gasteiger partial charge in [0.1, 0.15) is 0 Å². The second-order valence-corrected chi connectivity index (χ2v) is 5.26. The quantitative estimate of drug-likeness (QED) is 0.827. The molecular formula is C15H15Cl2N. The molecule has 0 amide bonds. The Hall–Kier alpha value is -1.18. The Morgan fingerprint density at radius 3 is 2.39 bits per heavy atom. The maximum Gasteiger partial charge on any atom is 0.0426 e. The summed E-state index contributed by atoms with van der Waals surface area (Å²) >= 11 is 11.8. The van der Waals surface area contributed by atoms with E-state index in [-0.39, 0.29) is 0 Å². The predicted octanol–water partition coefficient (Wildman–Crippen LogP) is 5.04. The van der Waals surface area contributed by atoms with Crippen molar-refractivity contribution in [2.24, 2.45) is 0 Å². The van der Waals surface area contributed by atoms with E-state index >= 15 is 0 Å². The van der Waals surface area contributed by atoms with E-state index in [0.717, 1.165) is 22.2 Å². The molecule has 0 fully saturated rings. The molecule has 0 aromatic heterocycles. The van der Waals surface area contributed by atoms with Crippen LogP contribution in [-0.2, 0) is 6.42 Å². The highest BCUT2D eigenvalue weighted by Crippen LogP contribution is 2.17. The van der Waals surface area contributed by atoms with Gasteiger partial charge in [-0.05, 0) is 49.2 Å². The Labute approximate surface area is 118 Å². The molecule has 1 nitrogen and oxygen atoms in total. The number of rotatable bonds is 4. The smallest absolute Gasteiger partial charge is 0.0426 e. The molecule has 0 saturated carbocycles. The van der Waals surface area contributed by atoms with Crippen molar-refractivity contribution >= 4 is 28.9 Å². The lowest BCUT2D eigenvalue weighted by Gasteiger charge is -2.15. The summed E-state index contributed by atoms with van der Waals surface area (Å²) in [7, 11) is 0. The summed E-state index contributed by atoms with van der Waals surface area (Å²) in [5.74, 6) is 0. The number of hydrogen-bond donors (Lipinski definition) is 1. The second kappa shape index (κ2) is 6.12. The number of nitrogens with one attached hydrogen (secondary N) is 1. The van der Waals surface area contributed by atoms with Crippen LogP contribution in [0.25, 0.3) is 0 Å². The first-order chi connectivity index (χ1) is 8.63. The lowest BCUT2D eigenvalue weighted by molar-refractivity contribution is 0.790. The average Bonchev–Trinajstić information content (AvgIpc) is 2.32. The number of hydrogen-bond acceptors (Lipinski definition) is 1. The van der Waals surface area contributed by atoms with E-state index in [4.69, 9.17) is 23.2 Å². The Morgan fingerprint density at radius 1 is 1.00 bits per heavy atom. The molecule has 0 spiro atoms. The van der Waals surface area contributed by atoms with E-state index in [2.05, 4.69) is 24.4 Å². The summed E-state index contributed by atoms with van der Waals surface area (Å²) in [6, 6.07) is 16.0. The zero-order valence-electron chi connectivity index (χ0n) is 10.2. The highest BCUT2D eigenvalue weighted by molar-refractivity contribution is 6.31. The zero-order chi connectivity index (χ0) is 13.0. The van der Waals surface area contributed by atoms with Gasteiger partial charge >= 0.3 is 0 Å². The Kier molecular flexibility index (Phi) is 4.51. The van der Waals surface area contributed by atoms with Crippen LogP contribution < -0.4 is 5.32 Å². The molecule has 0 aliphatic heterocycles. The van der Waals surface area contributed by atoms with Crippen molar-refractivity contribution in [1.82, 2.24) is 0 Å². The van der Waals surface area contributed by atoms with Crippen molar-refractivity contribution in [2.45, 2.75) is 19.4 Å². The van der Waals surface area contributed by atoms with Crippen molar-refractivity contribution in [3.05, 3.63) is 64.1 Å². The Morgan fingerprint density at radius 2 is 1.72 bits per heavy atom. The first-order valence-corrected chi connectivity index (χ1v) is 6.65. The van der Waals surface area contributed by atoms with E-state index < -0.39 is 0 Å². The molecule has 0 bridgehead atoms. The van der Waals surface area contributed by atoms with Crippen LogP contribution >= 0.6 is 23.2 Å². The van der Waals surface area contributed by atoms with Crippen LogP contribution in [-0.4, -0.2) is 6.04 Å². The van der Waals surface area contributed by atoms with Gasteiger partial charge in [0.15, 0.2) is 0 Å². The summed E-state index contributed by atoms with van der Waals surface area (Å²) in [6.07, 6.45) is 0.948. The molecule has 94 valence electrons. The van der Waals surface area contributed by atoms with E-state index in [1.165, 1.54) is 5.56 Å². The summed E-state index contributed by atoms with van der Waals surface area (Å²) in [5, 5.41) is 4.95. The van der Waals surface area contributed by atoms with Crippen molar-refractivity contribution in [3.8, 4) is 0 Å². The lowest BCUT2D eigenvalue weighted by Crippen LogP contribution is -2.17. The molecule has 0 aliphatic carbocycles. The SMILES string of the molecule is CC(Cc1ccc(Cl)cc1)Nc1cccc(Cl)c1. The summed E-state index contributed by atoms with van der Waals surface area (Å²) < 4.78 is 0. The van der Waals surface area contributed by atoms with Crippen LogP contribution in [0.2, 0.25) is 10.0 Å². The molecule has 0 radical (unpaired) electrons. The molecule has 2 rings (SSSR count). The van der Waals surface area contributed by atoms with Crippen LogP contribution in [0, 0.1) is 0 Å². The second-order valence-electron chi connectivity index (χ2n) is 4.39. The largest absolute Gasteiger partial charge is 0.382 e. The van der Waals surface area contributed by atoms with Crippen molar-refractivity contribution < 1.29 is 0 Å². The van der Waals surface area contributed by atoms with Crippen molar-refractivity contribution in [3.63, 3.8) is 0 Å². The standard InChI is InChI=1S/C15H15Cl2N/c1-11(9-12-5-7-13(16)8-6-12)18-15-4-2-3-14(17)10-15/h2-8,10-11,18H,9H2,1H3. The number of halogens is 2. The van der Waals surface area contributed by atoms with Crippen LogP contribution in [0.4, 0.5) is 5.69 Å². The van der Waals surface area contributed by atoms with Crippen molar-refractivity contribution in [2.75, 3.05) is 5.32 Å². The highest BCUT2D eigenvalue weighted by Gasteiger charge is 2.04. The molecule has 3 heteroatoms. The van der Waals surface area contributed by atoms with Gasteiger partial charge in [0, 0.05) is 21.8 Å². The fourth-order valence-corrected chi connectivity index (χ4v) is 2.20. The minimum atomic E-state index is 0.338. The molecule has 2 aromatic rings. The average molecular weight is 280 g/mol. The molecule has 18 heavy (non-hydrogen) atoms. The third-order valence-electron chi connectivity index (χ3n) is 2.69. The van der Waals surface area contributed by atoms with Gasteiger partial charge in [0.25, 0.3) is 0 Å². The lowest BCUT2D eigenvalue weighted by atomic mass is 10.1. The van der Waals surface area contributed by atoms with Crippen LogP contribution in [0.3, 0.4) is 0 Å². The molecule has 1 atom stereocenters. The van der Waals surface area contributed by atoms with Gasteiger partial charge in [-0.15, -0.1) is 0 Å². The van der Waals surface area contributed by atoms with Crippen LogP contribution in [0.1, 0.15) is 12.5 Å². The van der Waals surface area contributed by atoms with Crippen LogP contribution in [0.5, 0.6) is 0 Å². The van der Waals surface area contributed by atoms with Gasteiger partial charge in [-0.1, -0.05) is 41.4 Å². The number of anilines is 1. The maximum atomic E-state index is 5.95. The van der Waals surface area contributed by atoms with Gasteiger partial charge in [-0.3, -0.25) is 0 Å². The third-order valence-corrected chi connectivity index (χ3v) is 3.18. The molecule has 1 N–H and O–H groups in total. The van der Waals surface area contributed by atoms with E-state index in [9.17, 15) is 0 Å². The van der Waals surface area contributed by atoms with Crippen LogP contribution in [0.15, 0.2) is 48.5 Å². The van der Waals surface area contributed by atoms with Crippen molar-refractivity contribution in [1.29, 1.82) is 0 Å². The minimum Gasteiger partial charge on any atom is -0.382 e. The first-order valence-electron chi connectivity index (χ1n) is 5.90. The monoisotopic (exact) mass is 279 g/mol. The summed E-state index contributed by atoms with van der Waals surface area (Å²) in [6.45, 7) is 2.15. The topological polar surface area (TPSA) is 12.0 Å². The third kappa shape index (κ3) is 3.94. The molecule has 0 aliphatic rings. The van der Waals surface area contributed by atoms with Gasteiger partial charge in [-0.2, -0.15) is 0 Å². The van der Waals surface area contributed by atoms with E-state index in [1.54, 1.807) is 0 Å². The normalized spacial score (nSPS) is 12.2. The molecule has 1 unspecified atom stereocenters. The maximum absolute atomic E-state index is 5.95. The van der Waals surface area contributed by atoms with E-state index in [0.29, 0.717) is 6.04 Å². The Bertz CT molecular complexity index is 508. The van der Waals surface area contributed by atoms with Gasteiger partial charge in [0.05, 0.1) is 0 Å². The predicted molar refractivity (Wildman–Crippen MR) is 79.7 cm³/mol. The number of benzene rings is 2. The molecule has 2 aromatic carbocycles. The molecule has 0 heterocycles. The Balaban J connectivity index is 1.96. The highest BCUT2D eigenvalue weighted by atomic mass is 35.5. The van der Waals surface area contributed by atoms with E-state index in [1.807, 2.05) is 36.4 Å². The fourth-order valence-electron chi connectivity index (χ4n) is 1.89. The van der Waals surface area contributed by atoms with Gasteiger partial charge in [-0.25, -0.2) is 0 Å². The zero-order valence-corrected chi connectivity index (χ0v) is 11.7. The minimum absolute atomic E-state index is 0.338. The summed E-state index contributed by atoms with van der Waals surface area (Å²) in [4.78, 5) is 0. The van der Waals surface area contributed by atoms with Gasteiger partial charge < -0.3 is 5.32 Å². The summed E-state index contributed by atoms with van der Waals surface area (Å²) in [5.41, 5.74) is 2.31. The fraction of sp³-hybridized carbons (Fsp3) is 0.200. The first kappa shape index (κ1) is 13.3. The molecule has 0 saturated heterocycles. The van der Waals surface area contributed by atoms with Gasteiger partial charge in [0.2, 0.25) is 0 Å². The molecular weight excluding hydrogens is 265 g/mol.